The highest BCUT2D eigenvalue weighted by Gasteiger charge is 2.44. The molecular weight excluding hydrogens is 543 g/mol. The van der Waals surface area contributed by atoms with Gasteiger partial charge in [0, 0.05) is 12.1 Å². The summed E-state index contributed by atoms with van der Waals surface area (Å²) in [5.41, 5.74) is 2.29. The van der Waals surface area contributed by atoms with E-state index in [-0.39, 0.29) is 18.7 Å². The SMILES string of the molecule is COc1ccc(C(O)C(OC(C)C)C(=O)N2C(=O)OCC2Cc2ccccc2)cc1CNC(=O)c1ccc(C)cc1F. The molecule has 3 amide bonds. The Kier molecular flexibility index (Phi) is 9.92. The minimum atomic E-state index is -1.47. The van der Waals surface area contributed by atoms with Gasteiger partial charge in [0.25, 0.3) is 11.8 Å². The number of methoxy groups -OCH3 is 1. The van der Waals surface area contributed by atoms with Gasteiger partial charge in [0.15, 0.2) is 6.10 Å². The molecule has 42 heavy (non-hydrogen) atoms. The summed E-state index contributed by atoms with van der Waals surface area (Å²) in [6.07, 6.45) is -3.77. The van der Waals surface area contributed by atoms with Crippen molar-refractivity contribution in [1.29, 1.82) is 0 Å². The Bertz CT molecular complexity index is 1430. The molecule has 1 saturated heterocycles. The maximum Gasteiger partial charge on any atom is 0.417 e. The van der Waals surface area contributed by atoms with Gasteiger partial charge in [-0.05, 0) is 68.1 Å². The molecule has 1 aliphatic heterocycles. The predicted octanol–water partition coefficient (Wildman–Crippen LogP) is 4.49. The molecule has 0 radical (unpaired) electrons. The number of nitrogens with zero attached hydrogens (tertiary/aromatic N) is 1. The van der Waals surface area contributed by atoms with E-state index in [0.29, 0.717) is 28.9 Å². The van der Waals surface area contributed by atoms with Crippen LogP contribution in [0, 0.1) is 12.7 Å². The molecule has 9 nitrogen and oxygen atoms in total. The molecule has 4 rings (SSSR count). The standard InChI is InChI=1S/C32H35FN2O7/c1-19(2)42-29(31(38)35-24(18-41-32(35)39)15-21-8-6-5-7-9-21)28(36)22-11-13-27(40-4)23(16-22)17-34-30(37)25-12-10-20(3)14-26(25)33/h5-14,16,19,24,28-29,36H,15,17-18H2,1-4H3,(H,34,37). The molecule has 0 bridgehead atoms. The molecule has 10 heteroatoms. The number of carbonyl (C=O) groups is 3. The average molecular weight is 579 g/mol. The van der Waals surface area contributed by atoms with Crippen LogP contribution >= 0.6 is 0 Å². The molecule has 222 valence electrons. The van der Waals surface area contributed by atoms with E-state index in [9.17, 15) is 23.9 Å². The lowest BCUT2D eigenvalue weighted by Gasteiger charge is -2.29. The molecule has 3 unspecified atom stereocenters. The van der Waals surface area contributed by atoms with E-state index in [1.807, 2.05) is 30.3 Å². The Balaban J connectivity index is 1.56. The first kappa shape index (κ1) is 30.7. The molecule has 2 N–H and O–H groups in total. The molecule has 1 heterocycles. The quantitative estimate of drug-likeness (QED) is 0.345. The Hall–Kier alpha value is -4.28. The number of carbonyl (C=O) groups excluding carboxylic acids is 3. The van der Waals surface area contributed by atoms with Crippen molar-refractivity contribution in [1.82, 2.24) is 10.2 Å². The highest BCUT2D eigenvalue weighted by Crippen LogP contribution is 2.29. The van der Waals surface area contributed by atoms with E-state index in [4.69, 9.17) is 14.2 Å². The predicted molar refractivity (Wildman–Crippen MR) is 152 cm³/mol. The van der Waals surface area contributed by atoms with Gasteiger partial charge in [-0.2, -0.15) is 0 Å². The van der Waals surface area contributed by atoms with Crippen LogP contribution in [0.15, 0.2) is 66.7 Å². The van der Waals surface area contributed by atoms with Crippen molar-refractivity contribution in [3.63, 3.8) is 0 Å². The first-order valence-corrected chi connectivity index (χ1v) is 13.7. The van der Waals surface area contributed by atoms with Crippen LogP contribution in [-0.2, 0) is 27.2 Å². The summed E-state index contributed by atoms with van der Waals surface area (Å²) in [6, 6.07) is 17.9. The van der Waals surface area contributed by atoms with Crippen molar-refractivity contribution in [2.75, 3.05) is 13.7 Å². The molecular formula is C32H35FN2O7. The second-order valence-corrected chi connectivity index (χ2v) is 10.4. The van der Waals surface area contributed by atoms with Crippen molar-refractivity contribution < 1.29 is 38.1 Å². The second kappa shape index (κ2) is 13.6. The first-order chi connectivity index (χ1) is 20.1. The molecule has 0 aliphatic carbocycles. The highest BCUT2D eigenvalue weighted by molar-refractivity contribution is 5.96. The highest BCUT2D eigenvalue weighted by atomic mass is 19.1. The van der Waals surface area contributed by atoms with Crippen LogP contribution in [0.4, 0.5) is 9.18 Å². The molecule has 1 aliphatic rings. The van der Waals surface area contributed by atoms with E-state index in [0.717, 1.165) is 10.5 Å². The number of aliphatic hydroxyl groups is 1. The van der Waals surface area contributed by atoms with Crippen LogP contribution in [0.3, 0.4) is 0 Å². The first-order valence-electron chi connectivity index (χ1n) is 13.7. The number of halogens is 1. The summed E-state index contributed by atoms with van der Waals surface area (Å²) < 4.78 is 30.8. The van der Waals surface area contributed by atoms with Gasteiger partial charge in [0.1, 0.15) is 24.3 Å². The van der Waals surface area contributed by atoms with Gasteiger partial charge in [-0.1, -0.05) is 42.5 Å². The summed E-state index contributed by atoms with van der Waals surface area (Å²) >= 11 is 0. The van der Waals surface area contributed by atoms with Crippen LogP contribution in [0.2, 0.25) is 0 Å². The Morgan fingerprint density at radius 3 is 2.52 bits per heavy atom. The molecule has 0 aromatic heterocycles. The van der Waals surface area contributed by atoms with Gasteiger partial charge in [0.2, 0.25) is 0 Å². The fourth-order valence-corrected chi connectivity index (χ4v) is 4.84. The fourth-order valence-electron chi connectivity index (χ4n) is 4.84. The summed E-state index contributed by atoms with van der Waals surface area (Å²) in [5, 5.41) is 14.1. The second-order valence-electron chi connectivity index (χ2n) is 10.4. The number of hydrogen-bond donors (Lipinski definition) is 2. The third-order valence-corrected chi connectivity index (χ3v) is 6.92. The number of rotatable bonds is 11. The van der Waals surface area contributed by atoms with Crippen molar-refractivity contribution in [3.8, 4) is 5.75 Å². The minimum absolute atomic E-state index is 0.0257. The average Bonchev–Trinajstić information content (AvgIpc) is 3.33. The largest absolute Gasteiger partial charge is 0.496 e. The van der Waals surface area contributed by atoms with Crippen LogP contribution in [0.5, 0.6) is 5.75 Å². The van der Waals surface area contributed by atoms with Crippen molar-refractivity contribution in [3.05, 3.63) is 100 Å². The van der Waals surface area contributed by atoms with E-state index >= 15 is 0 Å². The van der Waals surface area contributed by atoms with Crippen molar-refractivity contribution in [2.45, 2.75) is 58.1 Å². The van der Waals surface area contributed by atoms with E-state index < -0.39 is 48.1 Å². The van der Waals surface area contributed by atoms with Gasteiger partial charge in [0.05, 0.1) is 24.8 Å². The molecule has 0 saturated carbocycles. The third-order valence-electron chi connectivity index (χ3n) is 6.92. The van der Waals surface area contributed by atoms with Crippen molar-refractivity contribution in [2.24, 2.45) is 0 Å². The number of hydrogen-bond acceptors (Lipinski definition) is 7. The normalized spacial score (nSPS) is 16.2. The minimum Gasteiger partial charge on any atom is -0.496 e. The third kappa shape index (κ3) is 7.13. The van der Waals surface area contributed by atoms with Gasteiger partial charge >= 0.3 is 6.09 Å². The molecule has 3 aromatic carbocycles. The van der Waals surface area contributed by atoms with Crippen LogP contribution < -0.4 is 10.1 Å². The van der Waals surface area contributed by atoms with Gasteiger partial charge in [-0.3, -0.25) is 9.59 Å². The van der Waals surface area contributed by atoms with Crippen LogP contribution in [-0.4, -0.2) is 59.9 Å². The van der Waals surface area contributed by atoms with E-state index in [1.54, 1.807) is 45.0 Å². The number of cyclic esters (lactones) is 1. The Labute approximate surface area is 244 Å². The zero-order chi connectivity index (χ0) is 30.4. The van der Waals surface area contributed by atoms with Crippen LogP contribution in [0.25, 0.3) is 0 Å². The fraction of sp³-hybridized carbons (Fsp3) is 0.344. The monoisotopic (exact) mass is 578 g/mol. The number of aliphatic hydroxyl groups excluding tert-OH is 1. The lowest BCUT2D eigenvalue weighted by atomic mass is 9.99. The maximum absolute atomic E-state index is 14.3. The summed E-state index contributed by atoms with van der Waals surface area (Å²) in [6.45, 7) is 5.14. The summed E-state index contributed by atoms with van der Waals surface area (Å²) in [7, 11) is 1.45. The molecule has 3 aromatic rings. The number of nitrogens with one attached hydrogen (secondary N) is 1. The Morgan fingerprint density at radius 2 is 1.86 bits per heavy atom. The molecule has 3 atom stereocenters. The smallest absolute Gasteiger partial charge is 0.417 e. The van der Waals surface area contributed by atoms with Gasteiger partial charge < -0.3 is 24.6 Å². The number of imide groups is 1. The van der Waals surface area contributed by atoms with E-state index in [1.165, 1.54) is 19.2 Å². The summed E-state index contributed by atoms with van der Waals surface area (Å²) in [4.78, 5) is 40.1. The van der Waals surface area contributed by atoms with Crippen LogP contribution in [0.1, 0.15) is 52.6 Å². The van der Waals surface area contributed by atoms with E-state index in [2.05, 4.69) is 5.32 Å². The Morgan fingerprint density at radius 1 is 1.12 bits per heavy atom. The summed E-state index contributed by atoms with van der Waals surface area (Å²) in [5.74, 6) is -1.56. The number of amides is 3. The topological polar surface area (TPSA) is 114 Å². The van der Waals surface area contributed by atoms with Gasteiger partial charge in [-0.15, -0.1) is 0 Å². The lowest BCUT2D eigenvalue weighted by Crippen LogP contribution is -2.49. The molecule has 1 fully saturated rings. The maximum atomic E-state index is 14.3. The molecule has 0 spiro atoms. The van der Waals surface area contributed by atoms with Crippen molar-refractivity contribution >= 4 is 17.9 Å². The number of benzene rings is 3. The zero-order valence-corrected chi connectivity index (χ0v) is 24.0. The zero-order valence-electron chi connectivity index (χ0n) is 24.0. The van der Waals surface area contributed by atoms with Gasteiger partial charge in [-0.25, -0.2) is 14.1 Å². The lowest BCUT2D eigenvalue weighted by molar-refractivity contribution is -0.154. The number of ether oxygens (including phenoxy) is 3. The number of aryl methyl sites for hydroxylation is 1.